The fourth-order valence-corrected chi connectivity index (χ4v) is 1.98. The Labute approximate surface area is 130 Å². The van der Waals surface area contributed by atoms with Crippen molar-refractivity contribution in [2.24, 2.45) is 0 Å². The van der Waals surface area contributed by atoms with Crippen LogP contribution in [-0.4, -0.2) is 17.6 Å². The standard InChI is InChI=1S/C18H21NO3/c1-3-4-11-22-15-8-6-14(7-9-15)18(21)19-16-10-5-13(2)12-17(16)20/h5-10,12,20H,3-4,11H2,1-2H3,(H,19,21). The lowest BCUT2D eigenvalue weighted by Crippen LogP contribution is -2.12. The Kier molecular flexibility index (Phi) is 5.42. The molecule has 0 spiro atoms. The molecule has 0 aliphatic heterocycles. The quantitative estimate of drug-likeness (QED) is 0.623. The minimum absolute atomic E-state index is 0.0628. The predicted molar refractivity (Wildman–Crippen MR) is 87.6 cm³/mol. The van der Waals surface area contributed by atoms with Gasteiger partial charge in [0.25, 0.3) is 5.91 Å². The maximum atomic E-state index is 12.2. The van der Waals surface area contributed by atoms with Crippen molar-refractivity contribution in [3.05, 3.63) is 53.6 Å². The number of benzene rings is 2. The van der Waals surface area contributed by atoms with Gasteiger partial charge in [-0.2, -0.15) is 0 Å². The molecule has 0 bridgehead atoms. The van der Waals surface area contributed by atoms with Crippen molar-refractivity contribution < 1.29 is 14.6 Å². The van der Waals surface area contributed by atoms with E-state index in [2.05, 4.69) is 12.2 Å². The van der Waals surface area contributed by atoms with Crippen molar-refractivity contribution in [2.75, 3.05) is 11.9 Å². The van der Waals surface area contributed by atoms with Crippen LogP contribution < -0.4 is 10.1 Å². The second-order valence-corrected chi connectivity index (χ2v) is 5.20. The number of aromatic hydroxyl groups is 1. The number of phenolic OH excluding ortho intramolecular Hbond substituents is 1. The third-order valence-electron chi connectivity index (χ3n) is 3.28. The predicted octanol–water partition coefficient (Wildman–Crippen LogP) is 4.13. The van der Waals surface area contributed by atoms with Gasteiger partial charge in [0.2, 0.25) is 0 Å². The number of amides is 1. The Balaban J connectivity index is 2.00. The number of ether oxygens (including phenoxy) is 1. The van der Waals surface area contributed by atoms with Gasteiger partial charge in [-0.05, 0) is 55.3 Å². The molecular weight excluding hydrogens is 278 g/mol. The number of carbonyl (C=O) groups excluding carboxylic acids is 1. The van der Waals surface area contributed by atoms with E-state index in [1.165, 1.54) is 0 Å². The monoisotopic (exact) mass is 299 g/mol. The number of aryl methyl sites for hydroxylation is 1. The van der Waals surface area contributed by atoms with Gasteiger partial charge >= 0.3 is 0 Å². The lowest BCUT2D eigenvalue weighted by Gasteiger charge is -2.09. The number of anilines is 1. The Morgan fingerprint density at radius 2 is 1.91 bits per heavy atom. The molecule has 2 aromatic rings. The molecular formula is C18H21NO3. The van der Waals surface area contributed by atoms with Crippen LogP contribution >= 0.6 is 0 Å². The molecule has 0 heterocycles. The van der Waals surface area contributed by atoms with Gasteiger partial charge in [-0.25, -0.2) is 0 Å². The summed E-state index contributed by atoms with van der Waals surface area (Å²) in [7, 11) is 0. The molecule has 0 aliphatic rings. The van der Waals surface area contributed by atoms with Crippen molar-refractivity contribution in [1.29, 1.82) is 0 Å². The summed E-state index contributed by atoms with van der Waals surface area (Å²) in [5.74, 6) is 0.551. The van der Waals surface area contributed by atoms with Crippen molar-refractivity contribution in [3.63, 3.8) is 0 Å². The summed E-state index contributed by atoms with van der Waals surface area (Å²) in [5.41, 5.74) is 1.85. The molecule has 0 unspecified atom stereocenters. The number of hydrogen-bond donors (Lipinski definition) is 2. The summed E-state index contributed by atoms with van der Waals surface area (Å²) in [4.78, 5) is 12.2. The normalized spacial score (nSPS) is 10.3. The fourth-order valence-electron chi connectivity index (χ4n) is 1.98. The van der Waals surface area contributed by atoms with Crippen LogP contribution in [0.1, 0.15) is 35.7 Å². The maximum Gasteiger partial charge on any atom is 0.255 e. The van der Waals surface area contributed by atoms with E-state index < -0.39 is 0 Å². The van der Waals surface area contributed by atoms with Crippen molar-refractivity contribution in [1.82, 2.24) is 0 Å². The van der Waals surface area contributed by atoms with Crippen LogP contribution in [0.5, 0.6) is 11.5 Å². The molecule has 0 fully saturated rings. The van der Waals surface area contributed by atoms with Gasteiger partial charge in [-0.1, -0.05) is 19.4 Å². The van der Waals surface area contributed by atoms with Gasteiger partial charge in [-0.3, -0.25) is 4.79 Å². The summed E-state index contributed by atoms with van der Waals surface area (Å²) < 4.78 is 5.56. The lowest BCUT2D eigenvalue weighted by molar-refractivity contribution is 0.102. The van der Waals surface area contributed by atoms with Gasteiger partial charge in [0.15, 0.2) is 0 Å². The Bertz CT molecular complexity index is 635. The minimum atomic E-state index is -0.265. The first-order valence-electron chi connectivity index (χ1n) is 7.44. The molecule has 2 rings (SSSR count). The van der Waals surface area contributed by atoms with E-state index in [9.17, 15) is 9.90 Å². The first-order chi connectivity index (χ1) is 10.6. The smallest absolute Gasteiger partial charge is 0.255 e. The van der Waals surface area contributed by atoms with Gasteiger partial charge in [-0.15, -0.1) is 0 Å². The van der Waals surface area contributed by atoms with E-state index in [1.54, 1.807) is 36.4 Å². The molecule has 1 amide bonds. The number of carbonyl (C=O) groups is 1. The number of unbranched alkanes of at least 4 members (excludes halogenated alkanes) is 1. The molecule has 0 aliphatic carbocycles. The Morgan fingerprint density at radius 1 is 1.18 bits per heavy atom. The van der Waals surface area contributed by atoms with Gasteiger partial charge < -0.3 is 15.2 Å². The maximum absolute atomic E-state index is 12.2. The highest BCUT2D eigenvalue weighted by atomic mass is 16.5. The van der Waals surface area contributed by atoms with E-state index in [4.69, 9.17) is 4.74 Å². The summed E-state index contributed by atoms with van der Waals surface area (Å²) in [6.45, 7) is 4.67. The van der Waals surface area contributed by atoms with E-state index in [0.29, 0.717) is 17.9 Å². The summed E-state index contributed by atoms with van der Waals surface area (Å²) in [5, 5.41) is 12.5. The van der Waals surface area contributed by atoms with E-state index in [-0.39, 0.29) is 11.7 Å². The molecule has 2 N–H and O–H groups in total. The third-order valence-corrected chi connectivity index (χ3v) is 3.28. The average Bonchev–Trinajstić information content (AvgIpc) is 2.51. The van der Waals surface area contributed by atoms with E-state index in [0.717, 1.165) is 24.2 Å². The summed E-state index contributed by atoms with van der Waals surface area (Å²) >= 11 is 0. The lowest BCUT2D eigenvalue weighted by atomic mass is 10.1. The third kappa shape index (κ3) is 4.25. The number of hydrogen-bond acceptors (Lipinski definition) is 3. The van der Waals surface area contributed by atoms with Crippen LogP contribution in [0.25, 0.3) is 0 Å². The van der Waals surface area contributed by atoms with Crippen LogP contribution in [0.15, 0.2) is 42.5 Å². The molecule has 2 aromatic carbocycles. The van der Waals surface area contributed by atoms with E-state index in [1.807, 2.05) is 13.0 Å². The zero-order chi connectivity index (χ0) is 15.9. The minimum Gasteiger partial charge on any atom is -0.506 e. The number of phenols is 1. The molecule has 0 atom stereocenters. The first kappa shape index (κ1) is 15.9. The van der Waals surface area contributed by atoms with Crippen molar-refractivity contribution in [3.8, 4) is 11.5 Å². The van der Waals surface area contributed by atoms with E-state index >= 15 is 0 Å². The highest BCUT2D eigenvalue weighted by Crippen LogP contribution is 2.24. The fraction of sp³-hybridized carbons (Fsp3) is 0.278. The number of nitrogens with one attached hydrogen (secondary N) is 1. The average molecular weight is 299 g/mol. The van der Waals surface area contributed by atoms with Gasteiger partial charge in [0.1, 0.15) is 11.5 Å². The molecule has 0 radical (unpaired) electrons. The topological polar surface area (TPSA) is 58.6 Å². The zero-order valence-electron chi connectivity index (χ0n) is 12.9. The molecule has 116 valence electrons. The Hall–Kier alpha value is -2.49. The van der Waals surface area contributed by atoms with Crippen molar-refractivity contribution >= 4 is 11.6 Å². The molecule has 4 heteroatoms. The van der Waals surface area contributed by atoms with Crippen LogP contribution in [0.3, 0.4) is 0 Å². The summed E-state index contributed by atoms with van der Waals surface area (Å²) in [6, 6.07) is 12.1. The Morgan fingerprint density at radius 3 is 2.55 bits per heavy atom. The highest BCUT2D eigenvalue weighted by Gasteiger charge is 2.09. The van der Waals surface area contributed by atoms with Crippen molar-refractivity contribution in [2.45, 2.75) is 26.7 Å². The van der Waals surface area contributed by atoms with Gasteiger partial charge in [0, 0.05) is 5.56 Å². The second-order valence-electron chi connectivity index (χ2n) is 5.20. The summed E-state index contributed by atoms with van der Waals surface area (Å²) in [6.07, 6.45) is 2.09. The SMILES string of the molecule is CCCCOc1ccc(C(=O)Nc2ccc(C)cc2O)cc1. The molecule has 22 heavy (non-hydrogen) atoms. The molecule has 0 aromatic heterocycles. The largest absolute Gasteiger partial charge is 0.506 e. The highest BCUT2D eigenvalue weighted by molar-refractivity contribution is 6.05. The molecule has 0 saturated heterocycles. The first-order valence-corrected chi connectivity index (χ1v) is 7.44. The number of rotatable bonds is 6. The molecule has 4 nitrogen and oxygen atoms in total. The van der Waals surface area contributed by atoms with Crippen LogP contribution in [-0.2, 0) is 0 Å². The second kappa shape index (κ2) is 7.50. The van der Waals surface area contributed by atoms with Crippen LogP contribution in [0, 0.1) is 6.92 Å². The van der Waals surface area contributed by atoms with Crippen LogP contribution in [0.2, 0.25) is 0 Å². The van der Waals surface area contributed by atoms with Crippen LogP contribution in [0.4, 0.5) is 5.69 Å². The molecule has 0 saturated carbocycles. The zero-order valence-corrected chi connectivity index (χ0v) is 12.9. The van der Waals surface area contributed by atoms with Gasteiger partial charge in [0.05, 0.1) is 12.3 Å².